The Balaban J connectivity index is 2.77. The van der Waals surface area contributed by atoms with Gasteiger partial charge in [-0.1, -0.05) is 0 Å². The minimum absolute atomic E-state index is 0.0569. The van der Waals surface area contributed by atoms with Gasteiger partial charge in [-0.15, -0.1) is 0 Å². The zero-order chi connectivity index (χ0) is 13.7. The quantitative estimate of drug-likeness (QED) is 0.777. The van der Waals surface area contributed by atoms with Crippen molar-refractivity contribution < 1.29 is 9.53 Å². The van der Waals surface area contributed by atoms with Crippen LogP contribution in [-0.2, 0) is 4.74 Å². The molecule has 3 N–H and O–H groups in total. The van der Waals surface area contributed by atoms with Crippen LogP contribution < -0.4 is 11.1 Å². The fraction of sp³-hybridized carbons (Fsp3) is 0.462. The molecule has 0 bridgehead atoms. The van der Waals surface area contributed by atoms with Gasteiger partial charge in [-0.05, 0) is 25.1 Å². The second kappa shape index (κ2) is 6.26. The van der Waals surface area contributed by atoms with Crippen LogP contribution in [0.2, 0.25) is 0 Å². The van der Waals surface area contributed by atoms with Crippen LogP contribution >= 0.6 is 0 Å². The number of nitrogens with two attached hydrogens (primary N) is 1. The van der Waals surface area contributed by atoms with Gasteiger partial charge in [0.15, 0.2) is 0 Å². The van der Waals surface area contributed by atoms with Crippen molar-refractivity contribution in [3.63, 3.8) is 0 Å². The van der Waals surface area contributed by atoms with Crippen molar-refractivity contribution in [2.45, 2.75) is 13.0 Å². The van der Waals surface area contributed by atoms with Crippen LogP contribution in [0.1, 0.15) is 17.3 Å². The predicted octanol–water partition coefficient (Wildman–Crippen LogP) is 1.42. The first kappa shape index (κ1) is 14.3. The zero-order valence-electron chi connectivity index (χ0n) is 11.4. The molecule has 0 radical (unpaired) electrons. The molecule has 0 aliphatic heterocycles. The molecule has 1 amide bonds. The lowest BCUT2D eigenvalue weighted by Crippen LogP contribution is -2.22. The topological polar surface area (TPSA) is 67.6 Å². The number of rotatable bonds is 5. The number of amides is 1. The van der Waals surface area contributed by atoms with Crippen LogP contribution in [0.25, 0.3) is 0 Å². The van der Waals surface area contributed by atoms with E-state index < -0.39 is 0 Å². The Bertz CT molecular complexity index is 419. The molecule has 5 nitrogen and oxygen atoms in total. The summed E-state index contributed by atoms with van der Waals surface area (Å²) in [7, 11) is 5.09. The molecule has 0 saturated heterocycles. The normalized spacial score (nSPS) is 12.0. The Labute approximate surface area is 108 Å². The van der Waals surface area contributed by atoms with Gasteiger partial charge in [0.2, 0.25) is 0 Å². The Morgan fingerprint density at radius 1 is 1.50 bits per heavy atom. The van der Waals surface area contributed by atoms with Crippen LogP contribution in [0.4, 0.5) is 11.4 Å². The number of carbonyl (C=O) groups is 1. The summed E-state index contributed by atoms with van der Waals surface area (Å²) in [4.78, 5) is 13.3. The maximum Gasteiger partial charge on any atom is 0.253 e. The van der Waals surface area contributed by atoms with Gasteiger partial charge in [0.05, 0.1) is 17.5 Å². The van der Waals surface area contributed by atoms with Gasteiger partial charge in [-0.3, -0.25) is 4.79 Å². The number of methoxy groups -OCH3 is 1. The van der Waals surface area contributed by atoms with E-state index in [1.54, 1.807) is 33.3 Å². The second-order valence-electron chi connectivity index (χ2n) is 4.43. The molecular weight excluding hydrogens is 230 g/mol. The van der Waals surface area contributed by atoms with Crippen molar-refractivity contribution in [2.24, 2.45) is 0 Å². The number of anilines is 2. The highest BCUT2D eigenvalue weighted by Crippen LogP contribution is 2.20. The van der Waals surface area contributed by atoms with Crippen molar-refractivity contribution in [2.75, 3.05) is 38.8 Å². The molecule has 0 aliphatic carbocycles. The predicted molar refractivity (Wildman–Crippen MR) is 73.8 cm³/mol. The average Bonchev–Trinajstić information content (AvgIpc) is 2.35. The van der Waals surface area contributed by atoms with Crippen molar-refractivity contribution in [1.29, 1.82) is 0 Å². The summed E-state index contributed by atoms with van der Waals surface area (Å²) in [6.45, 7) is 2.63. The largest absolute Gasteiger partial charge is 0.397 e. The maximum atomic E-state index is 11.8. The summed E-state index contributed by atoms with van der Waals surface area (Å²) >= 11 is 0. The van der Waals surface area contributed by atoms with Gasteiger partial charge in [-0.2, -0.15) is 0 Å². The highest BCUT2D eigenvalue weighted by Gasteiger charge is 2.10. The third-order valence-electron chi connectivity index (χ3n) is 2.69. The molecule has 18 heavy (non-hydrogen) atoms. The number of hydrogen-bond donors (Lipinski definition) is 2. The smallest absolute Gasteiger partial charge is 0.253 e. The van der Waals surface area contributed by atoms with E-state index in [4.69, 9.17) is 10.5 Å². The number of hydrogen-bond acceptors (Lipinski definition) is 4. The minimum atomic E-state index is -0.0569. The van der Waals surface area contributed by atoms with Crippen molar-refractivity contribution in [3.8, 4) is 0 Å². The Hall–Kier alpha value is -1.75. The summed E-state index contributed by atoms with van der Waals surface area (Å²) in [6.07, 6.45) is 0.104. The fourth-order valence-corrected chi connectivity index (χ4v) is 1.45. The molecule has 0 fully saturated rings. The van der Waals surface area contributed by atoms with Crippen LogP contribution in [0.15, 0.2) is 18.2 Å². The molecule has 0 heterocycles. The third kappa shape index (κ3) is 3.63. The fourth-order valence-electron chi connectivity index (χ4n) is 1.45. The summed E-state index contributed by atoms with van der Waals surface area (Å²) < 4.78 is 5.14. The molecule has 100 valence electrons. The average molecular weight is 251 g/mol. The molecule has 0 aromatic heterocycles. The number of nitrogen functional groups attached to an aromatic ring is 1. The summed E-state index contributed by atoms with van der Waals surface area (Å²) in [5.74, 6) is -0.0569. The molecule has 5 heteroatoms. The maximum absolute atomic E-state index is 11.8. The molecule has 0 spiro atoms. The van der Waals surface area contributed by atoms with E-state index in [9.17, 15) is 4.79 Å². The molecule has 0 aliphatic rings. The van der Waals surface area contributed by atoms with Crippen molar-refractivity contribution in [3.05, 3.63) is 23.8 Å². The van der Waals surface area contributed by atoms with Crippen LogP contribution in [-0.4, -0.2) is 44.7 Å². The minimum Gasteiger partial charge on any atom is -0.397 e. The third-order valence-corrected chi connectivity index (χ3v) is 2.69. The Morgan fingerprint density at radius 3 is 2.67 bits per heavy atom. The number of benzene rings is 1. The molecular formula is C13H21N3O2. The lowest BCUT2D eigenvalue weighted by Gasteiger charge is -2.15. The van der Waals surface area contributed by atoms with E-state index >= 15 is 0 Å². The summed E-state index contributed by atoms with van der Waals surface area (Å²) in [6, 6.07) is 5.26. The van der Waals surface area contributed by atoms with Gasteiger partial charge in [-0.25, -0.2) is 0 Å². The SMILES string of the molecule is COC(C)CNc1ccc(C(=O)N(C)C)cc1N. The van der Waals surface area contributed by atoms with Crippen LogP contribution in [0.5, 0.6) is 0 Å². The first-order chi connectivity index (χ1) is 8.45. The lowest BCUT2D eigenvalue weighted by molar-refractivity contribution is 0.0827. The summed E-state index contributed by atoms with van der Waals surface area (Å²) in [5.41, 5.74) is 7.87. The van der Waals surface area contributed by atoms with E-state index in [1.807, 2.05) is 13.0 Å². The first-order valence-corrected chi connectivity index (χ1v) is 5.83. The van der Waals surface area contributed by atoms with E-state index in [2.05, 4.69) is 5.32 Å². The zero-order valence-corrected chi connectivity index (χ0v) is 11.4. The highest BCUT2D eigenvalue weighted by atomic mass is 16.5. The highest BCUT2D eigenvalue weighted by molar-refractivity contribution is 5.95. The van der Waals surface area contributed by atoms with Crippen LogP contribution in [0, 0.1) is 0 Å². The second-order valence-corrected chi connectivity index (χ2v) is 4.43. The molecule has 1 atom stereocenters. The van der Waals surface area contributed by atoms with E-state index in [1.165, 1.54) is 4.90 Å². The monoisotopic (exact) mass is 251 g/mol. The Morgan fingerprint density at radius 2 is 2.17 bits per heavy atom. The molecule has 1 rings (SSSR count). The van der Waals surface area contributed by atoms with Gasteiger partial charge in [0.25, 0.3) is 5.91 Å². The van der Waals surface area contributed by atoms with Gasteiger partial charge in [0, 0.05) is 33.3 Å². The van der Waals surface area contributed by atoms with Crippen LogP contribution in [0.3, 0.4) is 0 Å². The molecule has 1 aromatic carbocycles. The standard InChI is InChI=1S/C13H21N3O2/c1-9(18-4)8-15-12-6-5-10(7-11(12)14)13(17)16(2)3/h5-7,9,15H,8,14H2,1-4H3. The van der Waals surface area contributed by atoms with Gasteiger partial charge >= 0.3 is 0 Å². The number of nitrogens with one attached hydrogen (secondary N) is 1. The number of nitrogens with zero attached hydrogens (tertiary/aromatic N) is 1. The number of ether oxygens (including phenoxy) is 1. The first-order valence-electron chi connectivity index (χ1n) is 5.83. The Kier molecular flexibility index (Phi) is 4.97. The van der Waals surface area contributed by atoms with Crippen molar-refractivity contribution >= 4 is 17.3 Å². The molecule has 1 unspecified atom stereocenters. The van der Waals surface area contributed by atoms with E-state index in [0.717, 1.165) is 5.69 Å². The number of carbonyl (C=O) groups excluding carboxylic acids is 1. The van der Waals surface area contributed by atoms with Gasteiger partial charge < -0.3 is 20.7 Å². The molecule has 0 saturated carbocycles. The lowest BCUT2D eigenvalue weighted by atomic mass is 10.1. The van der Waals surface area contributed by atoms with E-state index in [-0.39, 0.29) is 12.0 Å². The molecule has 1 aromatic rings. The van der Waals surface area contributed by atoms with Gasteiger partial charge in [0.1, 0.15) is 0 Å². The summed E-state index contributed by atoms with van der Waals surface area (Å²) in [5, 5.41) is 3.18. The van der Waals surface area contributed by atoms with Crippen molar-refractivity contribution in [1.82, 2.24) is 4.90 Å². The van der Waals surface area contributed by atoms with E-state index in [0.29, 0.717) is 17.8 Å².